The maximum Gasteiger partial charge on any atom is 0.360 e. The number of carbonyl (C=O) groups is 1. The number of hydrogen-bond acceptors (Lipinski definition) is 3. The smallest absolute Gasteiger partial charge is 0.296 e. The van der Waals surface area contributed by atoms with Gasteiger partial charge in [-0.05, 0) is 27.2 Å². The van der Waals surface area contributed by atoms with Crippen LogP contribution < -0.4 is 0 Å². The van der Waals surface area contributed by atoms with Crippen LogP contribution in [0.5, 0.6) is 0 Å². The third-order valence-corrected chi connectivity index (χ3v) is 3.34. The second-order valence-corrected chi connectivity index (χ2v) is 6.86. The minimum absolute atomic E-state index is 0.482. The molecule has 0 aliphatic carbocycles. The molecule has 1 unspecified atom stereocenters. The van der Waals surface area contributed by atoms with Crippen LogP contribution in [0.3, 0.4) is 0 Å². The van der Waals surface area contributed by atoms with E-state index in [1.807, 2.05) is 20.8 Å². The van der Waals surface area contributed by atoms with Crippen molar-refractivity contribution in [2.24, 2.45) is 0 Å². The summed E-state index contributed by atoms with van der Waals surface area (Å²) >= 11 is 5.99. The monoisotopic (exact) mass is 306 g/mol. The summed E-state index contributed by atoms with van der Waals surface area (Å²) in [7, 11) is 0. The van der Waals surface area contributed by atoms with Crippen molar-refractivity contribution in [2.75, 3.05) is 0 Å². The number of unbranched alkanes of at least 4 members (excludes halogenated alkanes) is 7. The standard InChI is InChI=1S/C16H31ClO3/c1-5-6-7-8-9-10-11-12-13-14(17)15(18)19-20-16(2,3)4/h14H,5-13H2,1-4H3. The first-order valence-electron chi connectivity index (χ1n) is 7.90. The Hall–Kier alpha value is -0.280. The molecular weight excluding hydrogens is 276 g/mol. The Kier molecular flexibility index (Phi) is 11.2. The first kappa shape index (κ1) is 19.7. The molecular formula is C16H31ClO3. The van der Waals surface area contributed by atoms with Crippen molar-refractivity contribution in [3.8, 4) is 0 Å². The van der Waals surface area contributed by atoms with Crippen LogP contribution in [0, 0.1) is 0 Å². The summed E-state index contributed by atoms with van der Waals surface area (Å²) < 4.78 is 0. The summed E-state index contributed by atoms with van der Waals surface area (Å²) in [5, 5.41) is -0.600. The van der Waals surface area contributed by atoms with Crippen molar-refractivity contribution in [1.29, 1.82) is 0 Å². The van der Waals surface area contributed by atoms with Gasteiger partial charge in [-0.15, -0.1) is 11.6 Å². The van der Waals surface area contributed by atoms with Crippen LogP contribution in [0.1, 0.15) is 85.5 Å². The van der Waals surface area contributed by atoms with E-state index in [1.165, 1.54) is 38.5 Å². The van der Waals surface area contributed by atoms with Crippen LogP contribution >= 0.6 is 11.6 Å². The van der Waals surface area contributed by atoms with Gasteiger partial charge in [0.15, 0.2) is 0 Å². The average Bonchev–Trinajstić information content (AvgIpc) is 2.38. The molecule has 0 fully saturated rings. The van der Waals surface area contributed by atoms with Gasteiger partial charge in [0.2, 0.25) is 0 Å². The van der Waals surface area contributed by atoms with E-state index in [1.54, 1.807) is 0 Å². The highest BCUT2D eigenvalue weighted by molar-refractivity contribution is 6.29. The predicted molar refractivity (Wildman–Crippen MR) is 83.8 cm³/mol. The molecule has 20 heavy (non-hydrogen) atoms. The highest BCUT2D eigenvalue weighted by Gasteiger charge is 2.21. The van der Waals surface area contributed by atoms with Crippen molar-refractivity contribution in [3.63, 3.8) is 0 Å². The second kappa shape index (κ2) is 11.4. The average molecular weight is 307 g/mol. The van der Waals surface area contributed by atoms with Gasteiger partial charge in [-0.3, -0.25) is 4.89 Å². The second-order valence-electron chi connectivity index (χ2n) is 6.33. The number of rotatable bonds is 11. The van der Waals surface area contributed by atoms with Gasteiger partial charge in [0.25, 0.3) is 0 Å². The molecule has 0 spiro atoms. The lowest BCUT2D eigenvalue weighted by molar-refractivity contribution is -0.320. The van der Waals surface area contributed by atoms with Crippen LogP contribution in [0.15, 0.2) is 0 Å². The molecule has 0 saturated heterocycles. The van der Waals surface area contributed by atoms with Gasteiger partial charge in [-0.2, -0.15) is 4.89 Å². The summed E-state index contributed by atoms with van der Waals surface area (Å²) in [4.78, 5) is 21.2. The highest BCUT2D eigenvalue weighted by atomic mass is 35.5. The Morgan fingerprint density at radius 2 is 1.50 bits per heavy atom. The topological polar surface area (TPSA) is 35.5 Å². The van der Waals surface area contributed by atoms with E-state index >= 15 is 0 Å². The number of hydrogen-bond donors (Lipinski definition) is 0. The van der Waals surface area contributed by atoms with E-state index in [9.17, 15) is 4.79 Å². The van der Waals surface area contributed by atoms with Crippen LogP contribution in [0.4, 0.5) is 0 Å². The fourth-order valence-corrected chi connectivity index (χ4v) is 1.98. The first-order chi connectivity index (χ1) is 9.37. The molecule has 4 heteroatoms. The maximum atomic E-state index is 11.5. The Balaban J connectivity index is 3.48. The quantitative estimate of drug-likeness (QED) is 0.222. The van der Waals surface area contributed by atoms with Gasteiger partial charge >= 0.3 is 5.97 Å². The lowest BCUT2D eigenvalue weighted by atomic mass is 10.1. The number of carbonyl (C=O) groups excluding carboxylic acids is 1. The largest absolute Gasteiger partial charge is 0.360 e. The molecule has 0 aromatic rings. The molecule has 0 aliphatic rings. The molecule has 0 rings (SSSR count). The lowest BCUT2D eigenvalue weighted by Gasteiger charge is -2.17. The fourth-order valence-electron chi connectivity index (χ4n) is 1.79. The Morgan fingerprint density at radius 1 is 1.00 bits per heavy atom. The van der Waals surface area contributed by atoms with E-state index in [2.05, 4.69) is 6.92 Å². The molecule has 0 aromatic heterocycles. The van der Waals surface area contributed by atoms with Crippen molar-refractivity contribution < 1.29 is 14.6 Å². The molecule has 0 amide bonds. The SMILES string of the molecule is CCCCCCCCCCC(Cl)C(=O)OOC(C)(C)C. The minimum atomic E-state index is -0.600. The zero-order chi connectivity index (χ0) is 15.4. The first-order valence-corrected chi connectivity index (χ1v) is 8.34. The van der Waals surface area contributed by atoms with Gasteiger partial charge < -0.3 is 0 Å². The number of alkyl halides is 1. The molecule has 0 saturated carbocycles. The summed E-state index contributed by atoms with van der Waals surface area (Å²) in [6.45, 7) is 7.69. The molecule has 1 atom stereocenters. The molecule has 0 bridgehead atoms. The molecule has 120 valence electrons. The van der Waals surface area contributed by atoms with Gasteiger partial charge in [-0.1, -0.05) is 58.3 Å². The van der Waals surface area contributed by atoms with Gasteiger partial charge in [0, 0.05) is 0 Å². The van der Waals surface area contributed by atoms with E-state index in [0.717, 1.165) is 12.8 Å². The number of halogens is 1. The van der Waals surface area contributed by atoms with Gasteiger partial charge in [0.05, 0.1) is 0 Å². The van der Waals surface area contributed by atoms with Crippen LogP contribution in [0.25, 0.3) is 0 Å². The van der Waals surface area contributed by atoms with Crippen LogP contribution in [-0.2, 0) is 14.6 Å². The third-order valence-electron chi connectivity index (χ3n) is 2.94. The molecule has 0 aromatic carbocycles. The summed E-state index contributed by atoms with van der Waals surface area (Å²) in [6, 6.07) is 0. The summed E-state index contributed by atoms with van der Waals surface area (Å²) in [5.74, 6) is -0.482. The van der Waals surface area contributed by atoms with Crippen molar-refractivity contribution in [1.82, 2.24) is 0 Å². The van der Waals surface area contributed by atoms with Crippen molar-refractivity contribution >= 4 is 17.6 Å². The van der Waals surface area contributed by atoms with Gasteiger partial charge in [0.1, 0.15) is 11.0 Å². The molecule has 3 nitrogen and oxygen atoms in total. The summed E-state index contributed by atoms with van der Waals surface area (Å²) in [5.41, 5.74) is -0.495. The van der Waals surface area contributed by atoms with Crippen molar-refractivity contribution in [2.45, 2.75) is 96.5 Å². The van der Waals surface area contributed by atoms with E-state index < -0.39 is 16.9 Å². The fraction of sp³-hybridized carbons (Fsp3) is 0.938. The molecule has 0 N–H and O–H groups in total. The van der Waals surface area contributed by atoms with Crippen molar-refractivity contribution in [3.05, 3.63) is 0 Å². The molecule has 0 aliphatic heterocycles. The van der Waals surface area contributed by atoms with E-state index in [-0.39, 0.29) is 0 Å². The molecule has 0 heterocycles. The van der Waals surface area contributed by atoms with E-state index in [4.69, 9.17) is 21.4 Å². The Bertz CT molecular complexity index is 249. The summed E-state index contributed by atoms with van der Waals surface area (Å²) in [6.07, 6.45) is 10.5. The Labute approximate surface area is 129 Å². The Morgan fingerprint density at radius 3 is 2.00 bits per heavy atom. The molecule has 0 radical (unpaired) electrons. The van der Waals surface area contributed by atoms with Gasteiger partial charge in [-0.25, -0.2) is 4.79 Å². The maximum absolute atomic E-state index is 11.5. The zero-order valence-corrected chi connectivity index (χ0v) is 14.3. The minimum Gasteiger partial charge on any atom is -0.296 e. The normalized spacial score (nSPS) is 13.2. The lowest BCUT2D eigenvalue weighted by Crippen LogP contribution is -2.26. The zero-order valence-electron chi connectivity index (χ0n) is 13.5. The van der Waals surface area contributed by atoms with Crippen LogP contribution in [-0.4, -0.2) is 16.9 Å². The third kappa shape index (κ3) is 12.7. The highest BCUT2D eigenvalue weighted by Crippen LogP contribution is 2.15. The predicted octanol–water partition coefficient (Wildman–Crippen LogP) is 5.40. The van der Waals surface area contributed by atoms with Crippen LogP contribution in [0.2, 0.25) is 0 Å². The van der Waals surface area contributed by atoms with E-state index in [0.29, 0.717) is 6.42 Å².